The van der Waals surface area contributed by atoms with Crippen LogP contribution in [0.2, 0.25) is 0 Å². The van der Waals surface area contributed by atoms with Crippen molar-refractivity contribution < 1.29 is 22.7 Å². The number of ether oxygens (including phenoxy) is 1. The number of carbonyl (C=O) groups is 2. The maximum absolute atomic E-state index is 12.1. The summed E-state index contributed by atoms with van der Waals surface area (Å²) in [6.45, 7) is 5.42. The maximum Gasteiger partial charge on any atom is 0.279 e. The summed E-state index contributed by atoms with van der Waals surface area (Å²) in [7, 11) is -3.34. The first-order valence-corrected chi connectivity index (χ1v) is 10.1. The lowest BCUT2D eigenvalue weighted by Gasteiger charge is -2.17. The Balaban J connectivity index is 1.94. The minimum absolute atomic E-state index is 0.110. The van der Waals surface area contributed by atoms with E-state index in [1.54, 1.807) is 13.0 Å². The number of rotatable bonds is 5. The SMILES string of the molecule is Cc1cccc(O[C@H](C)C(=O)NNC(=O)c2ccc(S(C)(=O)=O)cc2)c1C. The number of aryl methyl sites for hydroxylation is 1. The molecule has 2 aromatic rings. The van der Waals surface area contributed by atoms with Gasteiger partial charge in [-0.1, -0.05) is 12.1 Å². The fraction of sp³-hybridized carbons (Fsp3) is 0.263. The van der Waals surface area contributed by atoms with Crippen LogP contribution in [0.25, 0.3) is 0 Å². The summed E-state index contributed by atoms with van der Waals surface area (Å²) in [4.78, 5) is 24.3. The van der Waals surface area contributed by atoms with Crippen LogP contribution in [0.15, 0.2) is 47.4 Å². The van der Waals surface area contributed by atoms with Crippen molar-refractivity contribution >= 4 is 21.7 Å². The number of benzene rings is 2. The van der Waals surface area contributed by atoms with Crippen LogP contribution in [-0.4, -0.2) is 32.6 Å². The van der Waals surface area contributed by atoms with Crippen molar-refractivity contribution in [1.82, 2.24) is 10.9 Å². The first-order chi connectivity index (χ1) is 12.6. The first kappa shape index (κ1) is 20.4. The van der Waals surface area contributed by atoms with Crippen LogP contribution < -0.4 is 15.6 Å². The molecule has 0 bridgehead atoms. The zero-order valence-corrected chi connectivity index (χ0v) is 16.4. The molecule has 0 spiro atoms. The van der Waals surface area contributed by atoms with Gasteiger partial charge in [-0.3, -0.25) is 20.4 Å². The molecule has 2 aromatic carbocycles. The molecule has 0 fully saturated rings. The highest BCUT2D eigenvalue weighted by Gasteiger charge is 2.17. The number of carbonyl (C=O) groups excluding carboxylic acids is 2. The monoisotopic (exact) mass is 390 g/mol. The Labute approximate surface area is 158 Å². The lowest BCUT2D eigenvalue weighted by atomic mass is 10.1. The zero-order valence-electron chi connectivity index (χ0n) is 15.6. The van der Waals surface area contributed by atoms with Gasteiger partial charge in [0.05, 0.1) is 4.90 Å². The van der Waals surface area contributed by atoms with Crippen molar-refractivity contribution in [3.63, 3.8) is 0 Å². The average molecular weight is 390 g/mol. The predicted octanol–water partition coefficient (Wildman–Crippen LogP) is 1.94. The third-order valence-corrected chi connectivity index (χ3v) is 5.20. The van der Waals surface area contributed by atoms with Crippen LogP contribution >= 0.6 is 0 Å². The van der Waals surface area contributed by atoms with Crippen molar-refractivity contribution in [1.29, 1.82) is 0 Å². The van der Waals surface area contributed by atoms with Crippen LogP contribution in [0, 0.1) is 13.8 Å². The highest BCUT2D eigenvalue weighted by Crippen LogP contribution is 2.21. The molecular weight excluding hydrogens is 368 g/mol. The maximum atomic E-state index is 12.1. The van der Waals surface area contributed by atoms with Crippen LogP contribution in [-0.2, 0) is 14.6 Å². The summed E-state index contributed by atoms with van der Waals surface area (Å²) in [5.74, 6) is -0.486. The van der Waals surface area contributed by atoms with Gasteiger partial charge in [0.15, 0.2) is 15.9 Å². The smallest absolute Gasteiger partial charge is 0.279 e. The molecule has 0 aromatic heterocycles. The molecule has 0 aliphatic carbocycles. The third kappa shape index (κ3) is 5.30. The second kappa shape index (κ2) is 8.22. The molecule has 2 amide bonds. The summed E-state index contributed by atoms with van der Waals surface area (Å²) in [6, 6.07) is 11.0. The highest BCUT2D eigenvalue weighted by atomic mass is 32.2. The molecule has 144 valence electrons. The molecule has 0 saturated heterocycles. The Kier molecular flexibility index (Phi) is 6.22. The molecule has 0 unspecified atom stereocenters. The van der Waals surface area contributed by atoms with Crippen LogP contribution in [0.5, 0.6) is 5.75 Å². The molecule has 7 nitrogen and oxygen atoms in total. The zero-order chi connectivity index (χ0) is 20.2. The molecule has 2 rings (SSSR count). The van der Waals surface area contributed by atoms with Crippen molar-refractivity contribution in [3.8, 4) is 5.75 Å². The normalized spacial score (nSPS) is 12.1. The second-order valence-electron chi connectivity index (χ2n) is 6.20. The Morgan fingerprint density at radius 2 is 1.63 bits per heavy atom. The van der Waals surface area contributed by atoms with E-state index >= 15 is 0 Å². The van der Waals surface area contributed by atoms with Crippen molar-refractivity contribution in [3.05, 3.63) is 59.2 Å². The molecule has 0 radical (unpaired) electrons. The number of nitrogens with one attached hydrogen (secondary N) is 2. The van der Waals surface area contributed by atoms with E-state index in [4.69, 9.17) is 4.74 Å². The molecule has 0 aliphatic heterocycles. The number of hydrogen-bond acceptors (Lipinski definition) is 5. The molecule has 8 heteroatoms. The standard InChI is InChI=1S/C19H22N2O5S/c1-12-6-5-7-17(13(12)2)26-14(3)18(22)20-21-19(23)15-8-10-16(11-9-15)27(4,24)25/h5-11,14H,1-4H3,(H,20,22)(H,21,23)/t14-/m1/s1. The summed E-state index contributed by atoms with van der Waals surface area (Å²) < 4.78 is 28.5. The number of hydrogen-bond donors (Lipinski definition) is 2. The van der Waals surface area contributed by atoms with E-state index in [9.17, 15) is 18.0 Å². The predicted molar refractivity (Wildman–Crippen MR) is 101 cm³/mol. The number of amides is 2. The summed E-state index contributed by atoms with van der Waals surface area (Å²) in [6.07, 6.45) is 0.262. The van der Waals surface area contributed by atoms with Crippen molar-refractivity contribution in [2.45, 2.75) is 31.8 Å². The highest BCUT2D eigenvalue weighted by molar-refractivity contribution is 7.90. The van der Waals surface area contributed by atoms with Gasteiger partial charge in [-0.25, -0.2) is 8.42 Å². The van der Waals surface area contributed by atoms with Crippen LogP contribution in [0.3, 0.4) is 0 Å². The Bertz CT molecular complexity index is 953. The van der Waals surface area contributed by atoms with E-state index in [1.807, 2.05) is 26.0 Å². The Hall–Kier alpha value is -2.87. The molecule has 2 N–H and O–H groups in total. The van der Waals surface area contributed by atoms with E-state index in [0.717, 1.165) is 17.4 Å². The Morgan fingerprint density at radius 1 is 1.00 bits per heavy atom. The number of sulfone groups is 1. The van der Waals surface area contributed by atoms with Gasteiger partial charge in [0.2, 0.25) is 0 Å². The van der Waals surface area contributed by atoms with E-state index in [0.29, 0.717) is 5.75 Å². The van der Waals surface area contributed by atoms with Gasteiger partial charge in [-0.2, -0.15) is 0 Å². The summed E-state index contributed by atoms with van der Waals surface area (Å²) in [5.41, 5.74) is 6.78. The molecule has 27 heavy (non-hydrogen) atoms. The van der Waals surface area contributed by atoms with Gasteiger partial charge in [-0.05, 0) is 62.2 Å². The van der Waals surface area contributed by atoms with Gasteiger partial charge in [0, 0.05) is 11.8 Å². The quantitative estimate of drug-likeness (QED) is 0.760. The topological polar surface area (TPSA) is 102 Å². The molecule has 1 atom stereocenters. The lowest BCUT2D eigenvalue weighted by Crippen LogP contribution is -2.47. The van der Waals surface area contributed by atoms with E-state index in [2.05, 4.69) is 10.9 Å². The van der Waals surface area contributed by atoms with Crippen molar-refractivity contribution in [2.24, 2.45) is 0 Å². The molecule has 0 saturated carbocycles. The Morgan fingerprint density at radius 3 is 2.22 bits per heavy atom. The van der Waals surface area contributed by atoms with Crippen LogP contribution in [0.4, 0.5) is 0 Å². The fourth-order valence-corrected chi connectivity index (χ4v) is 2.87. The molecular formula is C19H22N2O5S. The van der Waals surface area contributed by atoms with Gasteiger partial charge in [0.25, 0.3) is 11.8 Å². The summed E-state index contributed by atoms with van der Waals surface area (Å²) in [5, 5.41) is 0. The minimum atomic E-state index is -3.34. The van der Waals surface area contributed by atoms with Gasteiger partial charge >= 0.3 is 0 Å². The third-order valence-electron chi connectivity index (χ3n) is 4.07. The minimum Gasteiger partial charge on any atom is -0.481 e. The number of hydrazine groups is 1. The lowest BCUT2D eigenvalue weighted by molar-refractivity contribution is -0.128. The van der Waals surface area contributed by atoms with Gasteiger partial charge in [-0.15, -0.1) is 0 Å². The largest absolute Gasteiger partial charge is 0.481 e. The van der Waals surface area contributed by atoms with Crippen molar-refractivity contribution in [2.75, 3.05) is 6.26 Å². The van der Waals surface area contributed by atoms with E-state index in [-0.39, 0.29) is 10.5 Å². The van der Waals surface area contributed by atoms with Gasteiger partial charge in [0.1, 0.15) is 5.75 Å². The fourth-order valence-electron chi connectivity index (χ4n) is 2.24. The van der Waals surface area contributed by atoms with Gasteiger partial charge < -0.3 is 4.74 Å². The molecule has 0 heterocycles. The molecule has 0 aliphatic rings. The van der Waals surface area contributed by atoms with E-state index in [1.165, 1.54) is 24.3 Å². The second-order valence-corrected chi connectivity index (χ2v) is 8.21. The summed E-state index contributed by atoms with van der Waals surface area (Å²) >= 11 is 0. The van der Waals surface area contributed by atoms with E-state index < -0.39 is 27.8 Å². The van der Waals surface area contributed by atoms with Crippen LogP contribution in [0.1, 0.15) is 28.4 Å². The average Bonchev–Trinajstić information content (AvgIpc) is 2.62. The first-order valence-electron chi connectivity index (χ1n) is 8.23.